The summed E-state index contributed by atoms with van der Waals surface area (Å²) in [5.41, 5.74) is 2.10. The summed E-state index contributed by atoms with van der Waals surface area (Å²) in [5.74, 6) is 1.44. The number of fused-ring (bicyclic) bond motifs is 1. The van der Waals surface area contributed by atoms with Gasteiger partial charge in [0.1, 0.15) is 11.5 Å². The fourth-order valence-electron chi connectivity index (χ4n) is 2.22. The first-order chi connectivity index (χ1) is 10.0. The van der Waals surface area contributed by atoms with Gasteiger partial charge in [-0.3, -0.25) is 4.79 Å². The van der Waals surface area contributed by atoms with Crippen molar-refractivity contribution in [2.24, 2.45) is 0 Å². The topological polar surface area (TPSA) is 71.5 Å². The summed E-state index contributed by atoms with van der Waals surface area (Å²) in [5, 5.41) is 0.580. The van der Waals surface area contributed by atoms with Crippen LogP contribution in [-0.2, 0) is 0 Å². The lowest BCUT2D eigenvalue weighted by Gasteiger charge is -2.08. The van der Waals surface area contributed by atoms with Crippen LogP contribution in [0.3, 0.4) is 0 Å². The highest BCUT2D eigenvalue weighted by molar-refractivity contribution is 5.78. The Labute approximate surface area is 122 Å². The Hall–Kier alpha value is -2.56. The van der Waals surface area contributed by atoms with E-state index in [1.807, 2.05) is 31.2 Å². The van der Waals surface area contributed by atoms with Crippen LogP contribution in [-0.4, -0.2) is 19.9 Å². The molecule has 0 fully saturated rings. The third-order valence-corrected chi connectivity index (χ3v) is 3.30. The molecule has 0 saturated carbocycles. The highest BCUT2D eigenvalue weighted by atomic mass is 16.1. The number of hydrogen-bond donors (Lipinski definition) is 1. The van der Waals surface area contributed by atoms with Crippen molar-refractivity contribution in [3.8, 4) is 11.5 Å². The van der Waals surface area contributed by atoms with Crippen molar-refractivity contribution in [1.29, 1.82) is 0 Å². The van der Waals surface area contributed by atoms with Gasteiger partial charge >= 0.3 is 0 Å². The lowest BCUT2D eigenvalue weighted by molar-refractivity contribution is 0.802. The Kier molecular flexibility index (Phi) is 3.25. The Morgan fingerprint density at radius 1 is 1.10 bits per heavy atom. The zero-order chi connectivity index (χ0) is 15.0. The number of aryl methyl sites for hydroxylation is 1. The van der Waals surface area contributed by atoms with Crippen LogP contribution in [0.4, 0.5) is 0 Å². The second-order valence-electron chi connectivity index (χ2n) is 5.31. The van der Waals surface area contributed by atoms with E-state index < -0.39 is 0 Å². The smallest absolute Gasteiger partial charge is 0.259 e. The Morgan fingerprint density at radius 2 is 1.86 bits per heavy atom. The van der Waals surface area contributed by atoms with Gasteiger partial charge in [0.25, 0.3) is 5.56 Å². The van der Waals surface area contributed by atoms with Gasteiger partial charge < -0.3 is 4.98 Å². The van der Waals surface area contributed by atoms with Gasteiger partial charge in [0, 0.05) is 5.69 Å². The minimum absolute atomic E-state index is 0.155. The molecule has 0 spiro atoms. The number of benzene rings is 1. The van der Waals surface area contributed by atoms with Gasteiger partial charge in [0.2, 0.25) is 0 Å². The van der Waals surface area contributed by atoms with Crippen molar-refractivity contribution in [3.05, 3.63) is 52.2 Å². The number of nitrogens with zero attached hydrogens (tertiary/aromatic N) is 3. The van der Waals surface area contributed by atoms with Crippen LogP contribution in [0.1, 0.15) is 31.3 Å². The predicted molar refractivity (Wildman–Crippen MR) is 82.2 cm³/mol. The molecule has 0 bridgehead atoms. The van der Waals surface area contributed by atoms with Crippen molar-refractivity contribution in [3.63, 3.8) is 0 Å². The van der Waals surface area contributed by atoms with Crippen LogP contribution < -0.4 is 5.56 Å². The van der Waals surface area contributed by atoms with Gasteiger partial charge in [-0.1, -0.05) is 26.0 Å². The molecule has 0 atom stereocenters. The highest BCUT2D eigenvalue weighted by Crippen LogP contribution is 2.19. The number of hydrogen-bond acceptors (Lipinski definition) is 4. The molecule has 5 heteroatoms. The van der Waals surface area contributed by atoms with E-state index in [0.29, 0.717) is 28.2 Å². The van der Waals surface area contributed by atoms with Crippen molar-refractivity contribution in [2.75, 3.05) is 0 Å². The number of aromatic nitrogens is 4. The SMILES string of the molecule is Cc1nc(-c2nc3ccccc3c(=O)[nH]2)cc(C(C)C)n1. The summed E-state index contributed by atoms with van der Waals surface area (Å²) in [7, 11) is 0. The second kappa shape index (κ2) is 5.09. The first kappa shape index (κ1) is 13.4. The molecule has 0 radical (unpaired) electrons. The minimum atomic E-state index is -0.155. The fourth-order valence-corrected chi connectivity index (χ4v) is 2.22. The third-order valence-electron chi connectivity index (χ3n) is 3.30. The van der Waals surface area contributed by atoms with E-state index in [9.17, 15) is 4.79 Å². The zero-order valence-corrected chi connectivity index (χ0v) is 12.2. The summed E-state index contributed by atoms with van der Waals surface area (Å²) in [6.07, 6.45) is 0. The number of aromatic amines is 1. The minimum Gasteiger partial charge on any atom is -0.305 e. The maximum Gasteiger partial charge on any atom is 0.259 e. The lowest BCUT2D eigenvalue weighted by atomic mass is 10.1. The normalized spacial score (nSPS) is 11.2. The van der Waals surface area contributed by atoms with Gasteiger partial charge in [-0.2, -0.15) is 0 Å². The molecule has 3 aromatic rings. The molecule has 0 amide bonds. The average Bonchev–Trinajstić information content (AvgIpc) is 2.46. The molecule has 1 aromatic carbocycles. The first-order valence-corrected chi connectivity index (χ1v) is 6.89. The maximum atomic E-state index is 12.1. The molecule has 0 aliphatic rings. The monoisotopic (exact) mass is 280 g/mol. The van der Waals surface area contributed by atoms with E-state index in [2.05, 4.69) is 33.8 Å². The standard InChI is InChI=1S/C16H16N4O/c1-9(2)13-8-14(18-10(3)17-13)15-19-12-7-5-4-6-11(12)16(21)20-15/h4-9H,1-3H3,(H,19,20,21). The maximum absolute atomic E-state index is 12.1. The summed E-state index contributed by atoms with van der Waals surface area (Å²) in [6.45, 7) is 5.98. The van der Waals surface area contributed by atoms with Crippen LogP contribution in [0, 0.1) is 6.92 Å². The molecule has 0 saturated heterocycles. The van der Waals surface area contributed by atoms with Gasteiger partial charge in [-0.05, 0) is 31.0 Å². The number of nitrogens with one attached hydrogen (secondary N) is 1. The first-order valence-electron chi connectivity index (χ1n) is 6.89. The van der Waals surface area contributed by atoms with Crippen molar-refractivity contribution in [1.82, 2.24) is 19.9 Å². The highest BCUT2D eigenvalue weighted by Gasteiger charge is 2.11. The molecule has 5 nitrogen and oxygen atoms in total. The Morgan fingerprint density at radius 3 is 2.62 bits per heavy atom. The summed E-state index contributed by atoms with van der Waals surface area (Å²) in [4.78, 5) is 28.2. The number of para-hydroxylation sites is 1. The van der Waals surface area contributed by atoms with Crippen LogP contribution in [0.15, 0.2) is 35.1 Å². The molecule has 2 aromatic heterocycles. The fraction of sp³-hybridized carbons (Fsp3) is 0.250. The molecule has 0 aliphatic carbocycles. The van der Waals surface area contributed by atoms with E-state index in [0.717, 1.165) is 5.69 Å². The summed E-state index contributed by atoms with van der Waals surface area (Å²) < 4.78 is 0. The van der Waals surface area contributed by atoms with Crippen LogP contribution in [0.5, 0.6) is 0 Å². The molecule has 3 rings (SSSR count). The predicted octanol–water partition coefficient (Wildman–Crippen LogP) is 2.81. The molecule has 0 unspecified atom stereocenters. The van der Waals surface area contributed by atoms with Crippen LogP contribution in [0.2, 0.25) is 0 Å². The van der Waals surface area contributed by atoms with E-state index in [1.165, 1.54) is 0 Å². The quantitative estimate of drug-likeness (QED) is 0.783. The van der Waals surface area contributed by atoms with E-state index in [1.54, 1.807) is 6.07 Å². The van der Waals surface area contributed by atoms with Gasteiger partial charge in [0.15, 0.2) is 5.82 Å². The number of H-pyrrole nitrogens is 1. The van der Waals surface area contributed by atoms with Crippen molar-refractivity contribution in [2.45, 2.75) is 26.7 Å². The largest absolute Gasteiger partial charge is 0.305 e. The Bertz CT molecular complexity index is 868. The summed E-state index contributed by atoms with van der Waals surface area (Å²) in [6, 6.07) is 9.15. The molecular weight excluding hydrogens is 264 g/mol. The number of rotatable bonds is 2. The molecule has 21 heavy (non-hydrogen) atoms. The molecule has 2 heterocycles. The molecule has 1 N–H and O–H groups in total. The Balaban J connectivity index is 2.23. The van der Waals surface area contributed by atoms with E-state index >= 15 is 0 Å². The molecular formula is C16H16N4O. The lowest BCUT2D eigenvalue weighted by Crippen LogP contribution is -2.10. The molecule has 106 valence electrons. The molecule has 0 aliphatic heterocycles. The van der Waals surface area contributed by atoms with Crippen LogP contribution >= 0.6 is 0 Å². The van der Waals surface area contributed by atoms with Crippen molar-refractivity contribution < 1.29 is 0 Å². The van der Waals surface area contributed by atoms with E-state index in [4.69, 9.17) is 0 Å². The van der Waals surface area contributed by atoms with Crippen LogP contribution in [0.25, 0.3) is 22.4 Å². The zero-order valence-electron chi connectivity index (χ0n) is 12.2. The van der Waals surface area contributed by atoms with E-state index in [-0.39, 0.29) is 11.5 Å². The third kappa shape index (κ3) is 2.54. The summed E-state index contributed by atoms with van der Waals surface area (Å²) >= 11 is 0. The van der Waals surface area contributed by atoms with Crippen molar-refractivity contribution >= 4 is 10.9 Å². The van der Waals surface area contributed by atoms with Gasteiger partial charge in [0.05, 0.1) is 10.9 Å². The van der Waals surface area contributed by atoms with Gasteiger partial charge in [-0.25, -0.2) is 15.0 Å². The van der Waals surface area contributed by atoms with Gasteiger partial charge in [-0.15, -0.1) is 0 Å². The average molecular weight is 280 g/mol. The second-order valence-corrected chi connectivity index (χ2v) is 5.31.